The second-order valence-electron chi connectivity index (χ2n) is 11.2. The van der Waals surface area contributed by atoms with Crippen LogP contribution in [0.3, 0.4) is 0 Å². The van der Waals surface area contributed by atoms with Crippen molar-refractivity contribution in [3.63, 3.8) is 0 Å². The first-order valence-corrected chi connectivity index (χ1v) is 16.6. The fourth-order valence-electron chi connectivity index (χ4n) is 6.26. The lowest BCUT2D eigenvalue weighted by Crippen LogP contribution is -2.01. The molecule has 0 fully saturated rings. The molecule has 0 unspecified atom stereocenters. The van der Waals surface area contributed by atoms with Crippen LogP contribution in [-0.4, -0.2) is 18.1 Å². The van der Waals surface area contributed by atoms with E-state index in [0.717, 1.165) is 43.8 Å². The molecule has 7 rings (SSSR count). The third kappa shape index (κ3) is 5.10. The van der Waals surface area contributed by atoms with Crippen molar-refractivity contribution in [2.75, 3.05) is 13.2 Å². The van der Waals surface area contributed by atoms with E-state index in [1.807, 2.05) is 125 Å². The highest BCUT2D eigenvalue weighted by Gasteiger charge is 2.38. The van der Waals surface area contributed by atoms with Crippen LogP contribution in [0.15, 0.2) is 97.1 Å². The van der Waals surface area contributed by atoms with E-state index < -0.39 is 7.82 Å². The predicted molar refractivity (Wildman–Crippen MR) is 181 cm³/mol. The van der Waals surface area contributed by atoms with Gasteiger partial charge >= 0.3 is 7.82 Å². The van der Waals surface area contributed by atoms with Crippen molar-refractivity contribution in [3.8, 4) is 56.4 Å². The normalized spacial score (nSPS) is 13.4. The second kappa shape index (κ2) is 11.3. The van der Waals surface area contributed by atoms with Crippen molar-refractivity contribution in [1.82, 2.24) is 0 Å². The number of fused-ring (bicyclic) bond motifs is 7. The van der Waals surface area contributed by atoms with E-state index in [-0.39, 0.29) is 11.5 Å². The molecule has 226 valence electrons. The molecular weight excluding hydrogens is 583 g/mol. The predicted octanol–water partition coefficient (Wildman–Crippen LogP) is 10.3. The second-order valence-corrected chi connectivity index (χ2v) is 12.5. The van der Waals surface area contributed by atoms with E-state index in [1.165, 1.54) is 0 Å². The van der Waals surface area contributed by atoms with Gasteiger partial charge in [-0.05, 0) is 85.6 Å². The van der Waals surface area contributed by atoms with Crippen LogP contribution in [0.4, 0.5) is 0 Å². The number of hydrogen-bond donors (Lipinski definition) is 1. The minimum absolute atomic E-state index is 0.265. The Labute approximate surface area is 262 Å². The summed E-state index contributed by atoms with van der Waals surface area (Å²) in [6.45, 7) is 8.80. The number of phosphoric acid groups is 1. The first-order chi connectivity index (χ1) is 21.8. The fourth-order valence-corrected chi connectivity index (χ4v) is 7.14. The van der Waals surface area contributed by atoms with Crippen LogP contribution in [-0.2, 0) is 4.57 Å². The van der Waals surface area contributed by atoms with Crippen LogP contribution in [0.5, 0.6) is 23.0 Å². The van der Waals surface area contributed by atoms with Gasteiger partial charge in [-0.2, -0.15) is 0 Å². The highest BCUT2D eigenvalue weighted by Crippen LogP contribution is 2.62. The molecule has 0 spiro atoms. The van der Waals surface area contributed by atoms with Crippen LogP contribution in [0.2, 0.25) is 0 Å². The molecular formula is C38H33O6P. The van der Waals surface area contributed by atoms with E-state index in [9.17, 15) is 9.46 Å². The molecule has 1 aliphatic heterocycles. The van der Waals surface area contributed by atoms with Crippen LogP contribution < -0.4 is 18.5 Å². The standard InChI is InChI=1S/C38H33O6P/c1-5-41-33-17-15-23(3)19-29(33)31-21-25-11-7-9-13-27(25)35-36-28-14-10-8-12-26(28)22-32(38(36)44-45(39,40)43-37(31)35)30-20-24(4)16-18-34(30)42-6-2/h7-22H,5-6H2,1-4H3,(H,39,40). The topological polar surface area (TPSA) is 74.2 Å². The van der Waals surface area contributed by atoms with Gasteiger partial charge < -0.3 is 18.5 Å². The molecule has 45 heavy (non-hydrogen) atoms. The Morgan fingerprint density at radius 1 is 0.600 bits per heavy atom. The van der Waals surface area contributed by atoms with E-state index >= 15 is 0 Å². The minimum atomic E-state index is -4.71. The Morgan fingerprint density at radius 3 is 1.44 bits per heavy atom. The third-order valence-corrected chi connectivity index (χ3v) is 8.94. The average molecular weight is 617 g/mol. The molecule has 0 aliphatic carbocycles. The summed E-state index contributed by atoms with van der Waals surface area (Å²) >= 11 is 0. The van der Waals surface area contributed by atoms with Gasteiger partial charge in [-0.15, -0.1) is 0 Å². The summed E-state index contributed by atoms with van der Waals surface area (Å²) in [5.41, 5.74) is 6.20. The summed E-state index contributed by atoms with van der Waals surface area (Å²) in [7, 11) is -4.71. The molecule has 1 heterocycles. The lowest BCUT2D eigenvalue weighted by Gasteiger charge is -2.20. The van der Waals surface area contributed by atoms with Crippen molar-refractivity contribution in [1.29, 1.82) is 0 Å². The summed E-state index contributed by atoms with van der Waals surface area (Å²) < 4.78 is 38.4. The van der Waals surface area contributed by atoms with Crippen molar-refractivity contribution >= 4 is 29.4 Å². The van der Waals surface area contributed by atoms with E-state index in [0.29, 0.717) is 47.0 Å². The maximum absolute atomic E-state index is 14.0. The van der Waals surface area contributed by atoms with Gasteiger partial charge in [0.25, 0.3) is 0 Å². The zero-order chi connectivity index (χ0) is 31.3. The summed E-state index contributed by atoms with van der Waals surface area (Å²) in [4.78, 5) is 11.4. The van der Waals surface area contributed by atoms with Gasteiger partial charge in [0.2, 0.25) is 0 Å². The van der Waals surface area contributed by atoms with Crippen LogP contribution >= 0.6 is 7.82 Å². The highest BCUT2D eigenvalue weighted by atomic mass is 31.2. The largest absolute Gasteiger partial charge is 0.584 e. The van der Waals surface area contributed by atoms with E-state index in [4.69, 9.17) is 18.5 Å². The Bertz CT molecular complexity index is 2020. The zero-order valence-electron chi connectivity index (χ0n) is 25.6. The molecule has 0 saturated carbocycles. The van der Waals surface area contributed by atoms with E-state index in [1.54, 1.807) is 0 Å². The van der Waals surface area contributed by atoms with Crippen molar-refractivity contribution in [2.24, 2.45) is 0 Å². The molecule has 0 radical (unpaired) electrons. The molecule has 6 aromatic rings. The van der Waals surface area contributed by atoms with Crippen molar-refractivity contribution in [3.05, 3.63) is 108 Å². The number of ether oxygens (including phenoxy) is 2. The van der Waals surface area contributed by atoms with Gasteiger partial charge in [-0.3, -0.25) is 4.89 Å². The summed E-state index contributed by atoms with van der Waals surface area (Å²) in [5, 5.41) is 3.62. The third-order valence-electron chi connectivity index (χ3n) is 8.12. The molecule has 6 nitrogen and oxygen atoms in total. The SMILES string of the molecule is CCOc1ccc(C)cc1-c1cc2ccccc2c2c1OP(=O)(O)Oc1c(-c3cc(C)ccc3OCC)cc3ccccc3c1-2. The Balaban J connectivity index is 1.69. The van der Waals surface area contributed by atoms with Crippen LogP contribution in [0.1, 0.15) is 25.0 Å². The van der Waals surface area contributed by atoms with Gasteiger partial charge in [0.05, 0.1) is 13.2 Å². The average Bonchev–Trinajstić information content (AvgIpc) is 3.15. The lowest BCUT2D eigenvalue weighted by atomic mass is 9.86. The number of hydrogen-bond acceptors (Lipinski definition) is 5. The zero-order valence-corrected chi connectivity index (χ0v) is 26.5. The maximum Gasteiger partial charge on any atom is 0.584 e. The van der Waals surface area contributed by atoms with Gasteiger partial charge in [0, 0.05) is 33.4 Å². The first kappa shape index (κ1) is 29.0. The number of benzene rings is 6. The van der Waals surface area contributed by atoms with Crippen LogP contribution in [0, 0.1) is 13.8 Å². The van der Waals surface area contributed by atoms with E-state index in [2.05, 4.69) is 0 Å². The van der Waals surface area contributed by atoms with Crippen molar-refractivity contribution < 1.29 is 28.0 Å². The molecule has 0 amide bonds. The molecule has 0 bridgehead atoms. The van der Waals surface area contributed by atoms with Gasteiger partial charge in [-0.25, -0.2) is 4.57 Å². The fraction of sp³-hybridized carbons (Fsp3) is 0.158. The number of phosphoric ester groups is 1. The molecule has 0 saturated heterocycles. The summed E-state index contributed by atoms with van der Waals surface area (Å²) in [5.74, 6) is 1.84. The molecule has 6 aromatic carbocycles. The minimum Gasteiger partial charge on any atom is -0.493 e. The van der Waals surface area contributed by atoms with Gasteiger partial charge in [0.15, 0.2) is 0 Å². The smallest absolute Gasteiger partial charge is 0.493 e. The Kier molecular flexibility index (Phi) is 7.27. The first-order valence-electron chi connectivity index (χ1n) is 15.1. The number of rotatable bonds is 6. The molecule has 1 aliphatic rings. The maximum atomic E-state index is 14.0. The molecule has 0 atom stereocenters. The monoisotopic (exact) mass is 616 g/mol. The molecule has 1 N–H and O–H groups in total. The van der Waals surface area contributed by atoms with Crippen LogP contribution in [0.25, 0.3) is 54.9 Å². The molecule has 0 aromatic heterocycles. The van der Waals surface area contributed by atoms with Gasteiger partial charge in [0.1, 0.15) is 23.0 Å². The molecule has 7 heteroatoms. The Morgan fingerprint density at radius 2 is 1.02 bits per heavy atom. The number of aryl methyl sites for hydroxylation is 2. The highest BCUT2D eigenvalue weighted by molar-refractivity contribution is 7.48. The summed E-state index contributed by atoms with van der Waals surface area (Å²) in [6, 6.07) is 31.9. The van der Waals surface area contributed by atoms with Gasteiger partial charge in [-0.1, -0.05) is 71.8 Å². The summed E-state index contributed by atoms with van der Waals surface area (Å²) in [6.07, 6.45) is 0. The lowest BCUT2D eigenvalue weighted by molar-refractivity contribution is 0.295. The van der Waals surface area contributed by atoms with Crippen molar-refractivity contribution in [2.45, 2.75) is 27.7 Å². The Hall–Kier alpha value is -4.77. The quantitative estimate of drug-likeness (QED) is 0.188.